The van der Waals surface area contributed by atoms with Crippen LogP contribution in [0.25, 0.3) is 0 Å². The molecule has 0 aliphatic rings. The van der Waals surface area contributed by atoms with Gasteiger partial charge in [-0.25, -0.2) is 9.18 Å². The van der Waals surface area contributed by atoms with Crippen molar-refractivity contribution in [1.82, 2.24) is 0 Å². The highest BCUT2D eigenvalue weighted by Crippen LogP contribution is 2.30. The molecule has 0 spiro atoms. The van der Waals surface area contributed by atoms with Gasteiger partial charge < -0.3 is 18.9 Å². The van der Waals surface area contributed by atoms with Crippen LogP contribution >= 0.6 is 0 Å². The molecule has 0 aromatic heterocycles. The Bertz CT molecular complexity index is 1000. The fraction of sp³-hybridized carbons (Fsp3) is 0.174. The summed E-state index contributed by atoms with van der Waals surface area (Å²) < 4.78 is 71.6. The van der Waals surface area contributed by atoms with Crippen molar-refractivity contribution in [2.45, 2.75) is 6.18 Å². The van der Waals surface area contributed by atoms with Gasteiger partial charge in [0.1, 0.15) is 42.0 Å². The lowest BCUT2D eigenvalue weighted by molar-refractivity contribution is -0.138. The predicted octanol–water partition coefficient (Wildman–Crippen LogP) is 5.29. The molecule has 9 heteroatoms. The van der Waals surface area contributed by atoms with Crippen LogP contribution in [0.2, 0.25) is 0 Å². The molecular formula is C23H18F4O5. The van der Waals surface area contributed by atoms with Crippen molar-refractivity contribution in [3.8, 4) is 23.0 Å². The van der Waals surface area contributed by atoms with Crippen molar-refractivity contribution in [3.63, 3.8) is 0 Å². The summed E-state index contributed by atoms with van der Waals surface area (Å²) in [6, 6.07) is 15.8. The number of carbonyl (C=O) groups is 1. The fourth-order valence-corrected chi connectivity index (χ4v) is 2.50. The third-order valence-corrected chi connectivity index (χ3v) is 4.03. The van der Waals surface area contributed by atoms with Gasteiger partial charge in [-0.3, -0.25) is 0 Å². The molecule has 0 unspecified atom stereocenters. The van der Waals surface area contributed by atoms with Crippen LogP contribution in [-0.2, 0) is 11.0 Å². The van der Waals surface area contributed by atoms with E-state index in [-0.39, 0.29) is 30.5 Å². The molecule has 0 amide bonds. The summed E-state index contributed by atoms with van der Waals surface area (Å²) in [6.07, 6.45) is -4.44. The molecule has 0 radical (unpaired) electrons. The minimum atomic E-state index is -4.44. The molecule has 0 saturated carbocycles. The second-order valence-electron chi connectivity index (χ2n) is 6.41. The molecule has 0 saturated heterocycles. The van der Waals surface area contributed by atoms with Crippen LogP contribution in [0, 0.1) is 5.82 Å². The molecule has 0 atom stereocenters. The number of benzene rings is 3. The zero-order valence-corrected chi connectivity index (χ0v) is 16.6. The highest BCUT2D eigenvalue weighted by molar-refractivity contribution is 5.74. The average molecular weight is 450 g/mol. The first kappa shape index (κ1) is 22.9. The number of esters is 1. The molecule has 0 N–H and O–H groups in total. The Labute approximate surface area is 181 Å². The van der Waals surface area contributed by atoms with Gasteiger partial charge in [0, 0.05) is 0 Å². The minimum absolute atomic E-state index is 0.113. The molecule has 32 heavy (non-hydrogen) atoms. The highest BCUT2D eigenvalue weighted by atomic mass is 19.4. The van der Waals surface area contributed by atoms with Crippen molar-refractivity contribution < 1.29 is 41.3 Å². The van der Waals surface area contributed by atoms with E-state index in [1.165, 1.54) is 36.4 Å². The molecule has 0 fully saturated rings. The summed E-state index contributed by atoms with van der Waals surface area (Å²) in [5.74, 6) is 0.346. The van der Waals surface area contributed by atoms with Crippen LogP contribution in [0.4, 0.5) is 17.6 Å². The van der Waals surface area contributed by atoms with Gasteiger partial charge in [0.2, 0.25) is 0 Å². The third-order valence-electron chi connectivity index (χ3n) is 4.03. The van der Waals surface area contributed by atoms with Gasteiger partial charge >= 0.3 is 12.1 Å². The lowest BCUT2D eigenvalue weighted by Gasteiger charge is -2.10. The van der Waals surface area contributed by atoms with Gasteiger partial charge in [-0.05, 0) is 72.8 Å². The first-order valence-corrected chi connectivity index (χ1v) is 9.41. The van der Waals surface area contributed by atoms with E-state index in [1.54, 1.807) is 12.1 Å². The lowest BCUT2D eigenvalue weighted by atomic mass is 10.2. The average Bonchev–Trinajstić information content (AvgIpc) is 2.77. The molecule has 0 aliphatic carbocycles. The maximum Gasteiger partial charge on any atom is 0.416 e. The number of ether oxygens (including phenoxy) is 4. The zero-order valence-electron chi connectivity index (χ0n) is 16.6. The topological polar surface area (TPSA) is 54.0 Å². The van der Waals surface area contributed by atoms with Crippen LogP contribution < -0.4 is 18.9 Å². The van der Waals surface area contributed by atoms with Crippen LogP contribution in [0.1, 0.15) is 5.56 Å². The third kappa shape index (κ3) is 7.19. The Kier molecular flexibility index (Phi) is 7.54. The van der Waals surface area contributed by atoms with Gasteiger partial charge in [0.15, 0.2) is 6.61 Å². The van der Waals surface area contributed by atoms with Gasteiger partial charge in [-0.15, -0.1) is 0 Å². The standard InChI is InChI=1S/C23H18F4O5/c24-17-3-7-18(8-4-17)29-13-14-30-19-9-11-21(12-10-19)32-22(28)15-31-20-5-1-16(2-6-20)23(25,26)27/h1-12H,13-15H2. The van der Waals surface area contributed by atoms with E-state index >= 15 is 0 Å². The van der Waals surface area contributed by atoms with Gasteiger partial charge in [0.05, 0.1) is 5.56 Å². The summed E-state index contributed by atoms with van der Waals surface area (Å²) in [5, 5.41) is 0. The molecule has 0 bridgehead atoms. The summed E-state index contributed by atoms with van der Waals surface area (Å²) in [6.45, 7) is 0.0332. The normalized spacial score (nSPS) is 11.0. The van der Waals surface area contributed by atoms with Gasteiger partial charge in [-0.2, -0.15) is 13.2 Å². The van der Waals surface area contributed by atoms with E-state index in [1.807, 2.05) is 0 Å². The molecule has 5 nitrogen and oxygen atoms in total. The SMILES string of the molecule is O=C(COc1ccc(C(F)(F)F)cc1)Oc1ccc(OCCOc2ccc(F)cc2)cc1. The summed E-state index contributed by atoms with van der Waals surface area (Å²) in [7, 11) is 0. The Hall–Kier alpha value is -3.75. The summed E-state index contributed by atoms with van der Waals surface area (Å²) in [4.78, 5) is 11.9. The molecule has 0 aliphatic heterocycles. The van der Waals surface area contributed by atoms with E-state index < -0.39 is 24.3 Å². The second kappa shape index (κ2) is 10.5. The van der Waals surface area contributed by atoms with Crippen molar-refractivity contribution in [1.29, 1.82) is 0 Å². The lowest BCUT2D eigenvalue weighted by Crippen LogP contribution is -2.17. The van der Waals surface area contributed by atoms with E-state index in [4.69, 9.17) is 18.9 Å². The minimum Gasteiger partial charge on any atom is -0.490 e. The number of hydrogen-bond acceptors (Lipinski definition) is 5. The van der Waals surface area contributed by atoms with Crippen LogP contribution in [0.15, 0.2) is 72.8 Å². The molecular weight excluding hydrogens is 432 g/mol. The van der Waals surface area contributed by atoms with Crippen molar-refractivity contribution in [3.05, 3.63) is 84.2 Å². The largest absolute Gasteiger partial charge is 0.490 e. The highest BCUT2D eigenvalue weighted by Gasteiger charge is 2.30. The number of alkyl halides is 3. The van der Waals surface area contributed by atoms with Crippen LogP contribution in [-0.4, -0.2) is 25.8 Å². The Morgan fingerprint density at radius 2 is 1.09 bits per heavy atom. The smallest absolute Gasteiger partial charge is 0.416 e. The molecule has 3 aromatic rings. The first-order valence-electron chi connectivity index (χ1n) is 9.41. The molecule has 3 aromatic carbocycles. The maximum absolute atomic E-state index is 12.8. The predicted molar refractivity (Wildman–Crippen MR) is 106 cm³/mol. The van der Waals surface area contributed by atoms with E-state index in [2.05, 4.69) is 0 Å². The summed E-state index contributed by atoms with van der Waals surface area (Å²) in [5.41, 5.74) is -0.809. The van der Waals surface area contributed by atoms with Crippen molar-refractivity contribution >= 4 is 5.97 Å². The monoisotopic (exact) mass is 450 g/mol. The Morgan fingerprint density at radius 1 is 0.656 bits per heavy atom. The summed E-state index contributed by atoms with van der Waals surface area (Å²) >= 11 is 0. The molecule has 0 heterocycles. The zero-order chi connectivity index (χ0) is 23.0. The first-order chi connectivity index (χ1) is 15.3. The molecule has 168 valence electrons. The fourth-order valence-electron chi connectivity index (χ4n) is 2.50. The van der Waals surface area contributed by atoms with Crippen molar-refractivity contribution in [2.75, 3.05) is 19.8 Å². The Morgan fingerprint density at radius 3 is 1.62 bits per heavy atom. The Balaban J connectivity index is 1.38. The maximum atomic E-state index is 12.8. The number of rotatable bonds is 9. The van der Waals surface area contributed by atoms with E-state index in [0.717, 1.165) is 24.3 Å². The number of carbonyl (C=O) groups excluding carboxylic acids is 1. The van der Waals surface area contributed by atoms with E-state index in [9.17, 15) is 22.4 Å². The number of hydrogen-bond donors (Lipinski definition) is 0. The van der Waals surface area contributed by atoms with Crippen LogP contribution in [0.3, 0.4) is 0 Å². The van der Waals surface area contributed by atoms with Gasteiger partial charge in [-0.1, -0.05) is 0 Å². The number of halogens is 4. The van der Waals surface area contributed by atoms with Crippen molar-refractivity contribution in [2.24, 2.45) is 0 Å². The quantitative estimate of drug-likeness (QED) is 0.192. The van der Waals surface area contributed by atoms with Crippen LogP contribution in [0.5, 0.6) is 23.0 Å². The second-order valence-corrected chi connectivity index (χ2v) is 6.41. The van der Waals surface area contributed by atoms with E-state index in [0.29, 0.717) is 11.5 Å². The molecule has 3 rings (SSSR count). The van der Waals surface area contributed by atoms with Gasteiger partial charge in [0.25, 0.3) is 0 Å².